The fourth-order valence-electron chi connectivity index (χ4n) is 2.38. The van der Waals surface area contributed by atoms with Crippen molar-refractivity contribution >= 4 is 0 Å². The van der Waals surface area contributed by atoms with Gasteiger partial charge in [0.15, 0.2) is 0 Å². The van der Waals surface area contributed by atoms with E-state index in [9.17, 15) is 0 Å². The maximum absolute atomic E-state index is 3.56. The lowest BCUT2D eigenvalue weighted by molar-refractivity contribution is 0.0490. The van der Waals surface area contributed by atoms with Gasteiger partial charge in [-0.15, -0.1) is 0 Å². The van der Waals surface area contributed by atoms with Gasteiger partial charge in [0, 0.05) is 31.2 Å². The molecule has 0 aromatic carbocycles. The maximum atomic E-state index is 3.56. The SMILES string of the molecule is CC(C)N1C[C@@H]2CC[C@H]1CN2. The molecular formula is C9H18N2. The second-order valence-electron chi connectivity index (χ2n) is 4.13. The van der Waals surface area contributed by atoms with Crippen LogP contribution >= 0.6 is 0 Å². The molecule has 2 nitrogen and oxygen atoms in total. The molecule has 3 aliphatic heterocycles. The number of nitrogens with zero attached hydrogens (tertiary/aromatic N) is 1. The van der Waals surface area contributed by atoms with Gasteiger partial charge in [0.1, 0.15) is 0 Å². The average molecular weight is 154 g/mol. The van der Waals surface area contributed by atoms with Crippen molar-refractivity contribution in [3.8, 4) is 0 Å². The van der Waals surface area contributed by atoms with E-state index in [4.69, 9.17) is 0 Å². The van der Waals surface area contributed by atoms with Crippen LogP contribution in [0.2, 0.25) is 0 Å². The van der Waals surface area contributed by atoms with Crippen molar-refractivity contribution in [2.75, 3.05) is 13.1 Å². The summed E-state index contributed by atoms with van der Waals surface area (Å²) >= 11 is 0. The highest BCUT2D eigenvalue weighted by molar-refractivity contribution is 4.93. The Hall–Kier alpha value is -0.0800. The largest absolute Gasteiger partial charge is 0.311 e. The van der Waals surface area contributed by atoms with E-state index >= 15 is 0 Å². The van der Waals surface area contributed by atoms with Crippen LogP contribution in [0, 0.1) is 0 Å². The number of nitrogens with one attached hydrogen (secondary N) is 1. The highest BCUT2D eigenvalue weighted by atomic mass is 15.3. The molecule has 0 aliphatic carbocycles. The van der Waals surface area contributed by atoms with Gasteiger partial charge in [0.2, 0.25) is 0 Å². The van der Waals surface area contributed by atoms with Crippen LogP contribution in [0.25, 0.3) is 0 Å². The molecule has 2 bridgehead atoms. The lowest BCUT2D eigenvalue weighted by Crippen LogP contribution is -2.62. The smallest absolute Gasteiger partial charge is 0.0224 e. The lowest BCUT2D eigenvalue weighted by Gasteiger charge is -2.47. The van der Waals surface area contributed by atoms with Crippen LogP contribution in [0.4, 0.5) is 0 Å². The topological polar surface area (TPSA) is 15.3 Å². The zero-order chi connectivity index (χ0) is 7.84. The number of piperazine rings is 1. The van der Waals surface area contributed by atoms with Crippen molar-refractivity contribution in [1.29, 1.82) is 0 Å². The summed E-state index contributed by atoms with van der Waals surface area (Å²) in [5, 5.41) is 3.56. The molecule has 3 fully saturated rings. The lowest BCUT2D eigenvalue weighted by atomic mass is 9.92. The molecule has 0 radical (unpaired) electrons. The third-order valence-electron chi connectivity index (χ3n) is 3.05. The standard InChI is InChI=1S/C9H18N2/c1-7(2)11-6-8-3-4-9(11)5-10-8/h7-10H,3-6H2,1-2H3/t8-,9-/m0/s1. The van der Waals surface area contributed by atoms with Crippen LogP contribution in [0.3, 0.4) is 0 Å². The van der Waals surface area contributed by atoms with Crippen molar-refractivity contribution in [2.24, 2.45) is 0 Å². The number of rotatable bonds is 1. The van der Waals surface area contributed by atoms with E-state index in [0.29, 0.717) is 0 Å². The summed E-state index contributed by atoms with van der Waals surface area (Å²) in [7, 11) is 0. The molecule has 1 N–H and O–H groups in total. The summed E-state index contributed by atoms with van der Waals surface area (Å²) in [5.74, 6) is 0. The summed E-state index contributed by atoms with van der Waals surface area (Å²) in [6.07, 6.45) is 2.81. The second-order valence-corrected chi connectivity index (χ2v) is 4.13. The van der Waals surface area contributed by atoms with Crippen molar-refractivity contribution in [3.63, 3.8) is 0 Å². The quantitative estimate of drug-likeness (QED) is 0.602. The number of hydrogen-bond acceptors (Lipinski definition) is 2. The maximum Gasteiger partial charge on any atom is 0.0224 e. The minimum atomic E-state index is 0.741. The first-order valence-electron chi connectivity index (χ1n) is 4.76. The summed E-state index contributed by atoms with van der Waals surface area (Å²) in [6.45, 7) is 7.12. The molecule has 0 aromatic rings. The highest BCUT2D eigenvalue weighted by Crippen LogP contribution is 2.23. The summed E-state index contributed by atoms with van der Waals surface area (Å²) in [6, 6.07) is 2.37. The Morgan fingerprint density at radius 1 is 1.36 bits per heavy atom. The predicted molar refractivity (Wildman–Crippen MR) is 46.7 cm³/mol. The molecule has 3 rings (SSSR count). The van der Waals surface area contributed by atoms with Gasteiger partial charge in [-0.3, -0.25) is 4.90 Å². The van der Waals surface area contributed by atoms with E-state index in [2.05, 4.69) is 24.1 Å². The van der Waals surface area contributed by atoms with Crippen LogP contribution in [0.5, 0.6) is 0 Å². The first kappa shape index (κ1) is 7.56. The monoisotopic (exact) mass is 154 g/mol. The molecule has 0 saturated carbocycles. The molecule has 11 heavy (non-hydrogen) atoms. The van der Waals surface area contributed by atoms with Gasteiger partial charge < -0.3 is 5.32 Å². The third kappa shape index (κ3) is 1.30. The van der Waals surface area contributed by atoms with Gasteiger partial charge in [-0.25, -0.2) is 0 Å². The van der Waals surface area contributed by atoms with Gasteiger partial charge >= 0.3 is 0 Å². The van der Waals surface area contributed by atoms with Gasteiger partial charge in [-0.2, -0.15) is 0 Å². The molecule has 64 valence electrons. The minimum absolute atomic E-state index is 0.741. The molecule has 0 spiro atoms. The Morgan fingerprint density at radius 3 is 2.45 bits per heavy atom. The Bertz CT molecular complexity index is 136. The summed E-state index contributed by atoms with van der Waals surface area (Å²) < 4.78 is 0. The van der Waals surface area contributed by atoms with Crippen LogP contribution < -0.4 is 5.32 Å². The van der Waals surface area contributed by atoms with Crippen LogP contribution in [0.15, 0.2) is 0 Å². The fraction of sp³-hybridized carbons (Fsp3) is 1.00. The Labute approximate surface area is 69.0 Å². The van der Waals surface area contributed by atoms with Crippen molar-refractivity contribution in [2.45, 2.75) is 44.8 Å². The average Bonchev–Trinajstić information content (AvgIpc) is 2.06. The molecular weight excluding hydrogens is 136 g/mol. The Morgan fingerprint density at radius 2 is 2.18 bits per heavy atom. The Kier molecular flexibility index (Phi) is 1.90. The first-order chi connectivity index (χ1) is 5.27. The first-order valence-corrected chi connectivity index (χ1v) is 4.76. The third-order valence-corrected chi connectivity index (χ3v) is 3.05. The van der Waals surface area contributed by atoms with Crippen LogP contribution in [-0.2, 0) is 0 Å². The predicted octanol–water partition coefficient (Wildman–Crippen LogP) is 0.831. The molecule has 3 heterocycles. The summed E-state index contributed by atoms with van der Waals surface area (Å²) in [4.78, 5) is 2.64. The number of fused-ring (bicyclic) bond motifs is 3. The zero-order valence-corrected chi connectivity index (χ0v) is 7.51. The highest BCUT2D eigenvalue weighted by Gasteiger charge is 2.34. The van der Waals surface area contributed by atoms with Crippen molar-refractivity contribution < 1.29 is 0 Å². The van der Waals surface area contributed by atoms with E-state index in [1.165, 1.54) is 25.9 Å². The molecule has 0 amide bonds. The fourth-order valence-corrected chi connectivity index (χ4v) is 2.38. The molecule has 3 aliphatic rings. The van der Waals surface area contributed by atoms with E-state index in [1.54, 1.807) is 0 Å². The molecule has 3 saturated heterocycles. The van der Waals surface area contributed by atoms with Crippen molar-refractivity contribution in [1.82, 2.24) is 10.2 Å². The number of hydrogen-bond donors (Lipinski definition) is 1. The minimum Gasteiger partial charge on any atom is -0.311 e. The van der Waals surface area contributed by atoms with Gasteiger partial charge in [0.05, 0.1) is 0 Å². The van der Waals surface area contributed by atoms with Gasteiger partial charge in [-0.1, -0.05) is 0 Å². The van der Waals surface area contributed by atoms with Crippen molar-refractivity contribution in [3.05, 3.63) is 0 Å². The number of piperidine rings is 2. The van der Waals surface area contributed by atoms with E-state index < -0.39 is 0 Å². The normalized spacial score (nSPS) is 38.5. The molecule has 2 heteroatoms. The molecule has 0 unspecified atom stereocenters. The van der Waals surface area contributed by atoms with E-state index in [1.807, 2.05) is 0 Å². The zero-order valence-electron chi connectivity index (χ0n) is 7.51. The second kappa shape index (κ2) is 2.76. The van der Waals surface area contributed by atoms with Crippen LogP contribution in [-0.4, -0.2) is 36.1 Å². The Balaban J connectivity index is 2.03. The van der Waals surface area contributed by atoms with Gasteiger partial charge in [0.25, 0.3) is 0 Å². The van der Waals surface area contributed by atoms with E-state index in [-0.39, 0.29) is 0 Å². The molecule has 0 aromatic heterocycles. The van der Waals surface area contributed by atoms with E-state index in [0.717, 1.165) is 18.1 Å². The molecule has 2 atom stereocenters. The van der Waals surface area contributed by atoms with Crippen LogP contribution in [0.1, 0.15) is 26.7 Å². The summed E-state index contributed by atoms with van der Waals surface area (Å²) in [5.41, 5.74) is 0. The van der Waals surface area contributed by atoms with Gasteiger partial charge in [-0.05, 0) is 26.7 Å².